The van der Waals surface area contributed by atoms with Crippen molar-refractivity contribution in [2.24, 2.45) is 17.8 Å². The van der Waals surface area contributed by atoms with E-state index in [0.717, 1.165) is 22.8 Å². The largest absolute Gasteiger partial charge is 0.479 e. The summed E-state index contributed by atoms with van der Waals surface area (Å²) in [5, 5.41) is 22.7. The van der Waals surface area contributed by atoms with Crippen molar-refractivity contribution < 1.29 is 34.0 Å². The number of cyclic esters (lactones) is 1. The number of hydrogen-bond donors (Lipinski definition) is 2. The van der Waals surface area contributed by atoms with Crippen LogP contribution in [0.5, 0.6) is 5.75 Å². The molecule has 2 aromatic rings. The van der Waals surface area contributed by atoms with Gasteiger partial charge < -0.3 is 24.4 Å². The molecule has 5 rings (SSSR count). The van der Waals surface area contributed by atoms with Gasteiger partial charge in [-0.15, -0.1) is 0 Å². The van der Waals surface area contributed by atoms with Crippen LogP contribution < -0.4 is 4.74 Å². The second-order valence-electron chi connectivity index (χ2n) is 11.2. The first kappa shape index (κ1) is 27.4. The van der Waals surface area contributed by atoms with E-state index in [0.29, 0.717) is 31.4 Å². The fraction of sp³-hybridized carbons (Fsp3) is 0.500. The van der Waals surface area contributed by atoms with Gasteiger partial charge in [0.1, 0.15) is 18.0 Å². The highest BCUT2D eigenvalue weighted by atomic mass is 16.6. The molecule has 0 amide bonds. The fourth-order valence-corrected chi connectivity index (χ4v) is 6.33. The van der Waals surface area contributed by atoms with E-state index in [9.17, 15) is 19.8 Å². The SMILES string of the molecule is CCC(Oc1ccc2ccccc2c1)C(=O)O[C@H]1C[C@H](O)C=C2C=C[C@H](C)[C@H](CC[C@@H]3C[C@@H](O)CC(=O)O3)[C@H]21. The van der Waals surface area contributed by atoms with Gasteiger partial charge in [-0.25, -0.2) is 4.79 Å². The predicted octanol–water partition coefficient (Wildman–Crippen LogP) is 4.89. The van der Waals surface area contributed by atoms with Gasteiger partial charge in [0.2, 0.25) is 0 Å². The van der Waals surface area contributed by atoms with Gasteiger partial charge in [-0.05, 0) is 59.6 Å². The summed E-state index contributed by atoms with van der Waals surface area (Å²) in [6.45, 7) is 4.03. The Kier molecular flexibility index (Phi) is 8.38. The molecule has 0 aromatic heterocycles. The van der Waals surface area contributed by atoms with Crippen molar-refractivity contribution in [1.29, 1.82) is 0 Å². The number of fused-ring (bicyclic) bond motifs is 2. The van der Waals surface area contributed by atoms with Gasteiger partial charge >= 0.3 is 11.9 Å². The van der Waals surface area contributed by atoms with Crippen LogP contribution in [0.25, 0.3) is 10.8 Å². The number of carbonyl (C=O) groups is 2. The van der Waals surface area contributed by atoms with Crippen molar-refractivity contribution in [3.05, 3.63) is 66.3 Å². The van der Waals surface area contributed by atoms with E-state index in [2.05, 4.69) is 13.0 Å². The Balaban J connectivity index is 1.29. The molecule has 1 fully saturated rings. The molecule has 208 valence electrons. The maximum atomic E-state index is 13.4. The fourth-order valence-electron chi connectivity index (χ4n) is 6.33. The predicted molar refractivity (Wildman–Crippen MR) is 147 cm³/mol. The number of benzene rings is 2. The molecule has 1 saturated heterocycles. The molecule has 0 radical (unpaired) electrons. The Labute approximate surface area is 229 Å². The quantitative estimate of drug-likeness (QED) is 0.465. The van der Waals surface area contributed by atoms with Crippen molar-refractivity contribution in [1.82, 2.24) is 0 Å². The summed E-state index contributed by atoms with van der Waals surface area (Å²) in [7, 11) is 0. The number of ether oxygens (including phenoxy) is 3. The molecular weight excluding hydrogens is 496 g/mol. The smallest absolute Gasteiger partial charge is 0.347 e. The van der Waals surface area contributed by atoms with Crippen molar-refractivity contribution in [3.8, 4) is 5.75 Å². The van der Waals surface area contributed by atoms with Crippen LogP contribution in [0.3, 0.4) is 0 Å². The number of allylic oxidation sites excluding steroid dienone is 2. The zero-order valence-corrected chi connectivity index (χ0v) is 22.6. The summed E-state index contributed by atoms with van der Waals surface area (Å²) in [5.41, 5.74) is 0.971. The highest BCUT2D eigenvalue weighted by molar-refractivity contribution is 5.84. The highest BCUT2D eigenvalue weighted by Crippen LogP contribution is 2.44. The van der Waals surface area contributed by atoms with E-state index < -0.39 is 30.4 Å². The van der Waals surface area contributed by atoms with Gasteiger partial charge in [0.15, 0.2) is 6.10 Å². The molecule has 0 saturated carbocycles. The molecule has 1 heterocycles. The lowest BCUT2D eigenvalue weighted by molar-refractivity contribution is -0.165. The Bertz CT molecular complexity index is 1250. The molecule has 1 unspecified atom stereocenters. The molecule has 2 aliphatic carbocycles. The number of rotatable bonds is 8. The van der Waals surface area contributed by atoms with Crippen LogP contribution in [0.4, 0.5) is 0 Å². The molecule has 1 aliphatic heterocycles. The van der Waals surface area contributed by atoms with Crippen LogP contribution in [0, 0.1) is 17.8 Å². The molecular formula is C32H38O7. The van der Waals surface area contributed by atoms with Gasteiger partial charge in [-0.2, -0.15) is 0 Å². The minimum absolute atomic E-state index is 0.0460. The number of carbonyl (C=O) groups excluding carboxylic acids is 2. The lowest BCUT2D eigenvalue weighted by atomic mass is 9.66. The van der Waals surface area contributed by atoms with Crippen molar-refractivity contribution >= 4 is 22.7 Å². The number of esters is 2. The lowest BCUT2D eigenvalue weighted by Crippen LogP contribution is -2.44. The normalized spacial score (nSPS) is 31.1. The minimum Gasteiger partial charge on any atom is -0.479 e. The molecule has 8 atom stereocenters. The monoisotopic (exact) mass is 534 g/mol. The summed E-state index contributed by atoms with van der Waals surface area (Å²) >= 11 is 0. The molecule has 2 aromatic carbocycles. The van der Waals surface area contributed by atoms with Crippen LogP contribution >= 0.6 is 0 Å². The minimum atomic E-state index is -0.768. The topological polar surface area (TPSA) is 102 Å². The second-order valence-corrected chi connectivity index (χ2v) is 11.2. The maximum absolute atomic E-state index is 13.4. The second kappa shape index (κ2) is 11.9. The van der Waals surface area contributed by atoms with E-state index in [-0.39, 0.29) is 36.2 Å². The van der Waals surface area contributed by atoms with E-state index in [4.69, 9.17) is 14.2 Å². The first-order chi connectivity index (χ1) is 18.8. The molecule has 7 heteroatoms. The van der Waals surface area contributed by atoms with Gasteiger partial charge in [0.05, 0.1) is 18.6 Å². The third-order valence-corrected chi connectivity index (χ3v) is 8.33. The Morgan fingerprint density at radius 1 is 1.10 bits per heavy atom. The number of aliphatic hydroxyl groups is 2. The van der Waals surface area contributed by atoms with E-state index in [1.54, 1.807) is 0 Å². The van der Waals surface area contributed by atoms with Crippen LogP contribution in [0.15, 0.2) is 66.3 Å². The lowest BCUT2D eigenvalue weighted by Gasteiger charge is -2.43. The zero-order valence-electron chi connectivity index (χ0n) is 22.6. The van der Waals surface area contributed by atoms with Crippen molar-refractivity contribution in [2.75, 3.05) is 0 Å². The van der Waals surface area contributed by atoms with Crippen molar-refractivity contribution in [2.45, 2.75) is 82.9 Å². The molecule has 2 N–H and O–H groups in total. The highest BCUT2D eigenvalue weighted by Gasteiger charge is 2.43. The summed E-state index contributed by atoms with van der Waals surface area (Å²) in [4.78, 5) is 25.2. The van der Waals surface area contributed by atoms with Gasteiger partial charge in [0, 0.05) is 18.8 Å². The third-order valence-electron chi connectivity index (χ3n) is 8.33. The summed E-state index contributed by atoms with van der Waals surface area (Å²) < 4.78 is 17.7. The molecule has 0 spiro atoms. The molecule has 39 heavy (non-hydrogen) atoms. The van der Waals surface area contributed by atoms with Gasteiger partial charge in [-0.1, -0.05) is 62.4 Å². The third kappa shape index (κ3) is 6.36. The van der Waals surface area contributed by atoms with Gasteiger partial charge in [-0.3, -0.25) is 4.79 Å². The first-order valence-corrected chi connectivity index (χ1v) is 14.1. The van der Waals surface area contributed by atoms with Gasteiger partial charge in [0.25, 0.3) is 0 Å². The Morgan fingerprint density at radius 3 is 2.67 bits per heavy atom. The maximum Gasteiger partial charge on any atom is 0.347 e. The van der Waals surface area contributed by atoms with E-state index in [1.165, 1.54) is 0 Å². The number of hydrogen-bond acceptors (Lipinski definition) is 7. The van der Waals surface area contributed by atoms with E-state index in [1.807, 2.05) is 61.5 Å². The first-order valence-electron chi connectivity index (χ1n) is 14.1. The average molecular weight is 535 g/mol. The van der Waals surface area contributed by atoms with Crippen LogP contribution in [0.2, 0.25) is 0 Å². The molecule has 7 nitrogen and oxygen atoms in total. The van der Waals surface area contributed by atoms with E-state index >= 15 is 0 Å². The summed E-state index contributed by atoms with van der Waals surface area (Å²) in [6, 6.07) is 13.7. The average Bonchev–Trinajstić information content (AvgIpc) is 2.90. The number of aliphatic hydroxyl groups excluding tert-OH is 2. The van der Waals surface area contributed by atoms with Crippen molar-refractivity contribution in [3.63, 3.8) is 0 Å². The molecule has 0 bridgehead atoms. The Hall–Kier alpha value is -3.16. The molecule has 3 aliphatic rings. The van der Waals surface area contributed by atoms with Crippen LogP contribution in [0.1, 0.15) is 52.4 Å². The zero-order chi connectivity index (χ0) is 27.5. The van der Waals surface area contributed by atoms with Crippen LogP contribution in [-0.4, -0.2) is 52.7 Å². The summed E-state index contributed by atoms with van der Waals surface area (Å²) in [6.07, 6.45) is 5.69. The van der Waals surface area contributed by atoms with Crippen LogP contribution in [-0.2, 0) is 19.1 Å². The summed E-state index contributed by atoms with van der Waals surface area (Å²) in [5.74, 6) is 0.0715. The standard InChI is InChI=1S/C32H38O7/c1-3-28(37-25-11-10-20-6-4-5-7-21(20)15-25)32(36)39-29-17-23(33)14-22-9-8-19(2)27(31(22)29)13-12-26-16-24(34)18-30(35)38-26/h4-11,14-15,19,23-24,26-29,31,33-34H,3,12-13,16-18H2,1-2H3/t19-,23+,24+,26+,27-,28?,29-,31-/m0/s1. The Morgan fingerprint density at radius 2 is 1.90 bits per heavy atom.